The number of rotatable bonds is 48. The standard InChI is InChI=1S/C23H30O10.C17H22O6.C16H24O10.2C13H16O5.C10H16O6.C4H8O2/c1-6-10-19(24)30-15(3)21(26)32-17(5)23(28)33-16(4)22(27)31-14(2)20(25)29-13-18-11-8-7-9-12-18;1-4-8-15(18)22-13(3)17(20)23-12(2)16(19)21-11-14-9-6-5-7-10-14;1-6-7-12(17)23-9(3)14(20)25-11(5)16(22)26-10(4)15(21)24-8(2)13(18)19;2*1-9(14)12(15)18-10(2)13(16)17-8-11-6-4-3-5-7-11;1-4-5-8(11)15-7(3)10(14)16-6(2)9(12)13;1-2-3-4(5)6/h7-9,11-12,14-17H,6,10,13H2,1-5H3;5-7,9-10,12-13H,4,8,11H2,1-3H3;8-11H,6-7H2,1-5H3,(H,18,19);2*3-7,9-10,14H,8H2,1-2H3;6-7H,4-5H2,1-3H3,(H,12,13);2-3H2,1H3,(H,5,6)/t14-,15+,16-,17-;12-,13+;8-,9+,10-,11-;2*9-,10+;6-,7+;/m111001./s1. The monoisotopic (exact) mass is 1990 g/mol. The van der Waals surface area contributed by atoms with Gasteiger partial charge in [0, 0.05) is 32.1 Å². The number of aliphatic hydroxyl groups is 2. The topological polar surface area (TPSA) is 626 Å². The van der Waals surface area contributed by atoms with E-state index in [0.29, 0.717) is 32.1 Å². The number of esters is 18. The molecule has 0 aliphatic carbocycles. The second-order valence-electron chi connectivity index (χ2n) is 29.9. The molecule has 16 atom stereocenters. The molecule has 44 nitrogen and oxygen atoms in total. The molecule has 0 saturated heterocycles. The lowest BCUT2D eigenvalue weighted by Gasteiger charge is -2.19. The lowest BCUT2D eigenvalue weighted by molar-refractivity contribution is -0.185. The van der Waals surface area contributed by atoms with Crippen LogP contribution in [0.5, 0.6) is 0 Å². The molecule has 0 spiro atoms. The van der Waals surface area contributed by atoms with Crippen molar-refractivity contribution < 1.29 is 211 Å². The van der Waals surface area contributed by atoms with Crippen molar-refractivity contribution in [1.29, 1.82) is 0 Å². The SMILES string of the molecule is CCCC(=O)O.CCCC(=O)O[C@@H](C)C(=O)O[C@H](C)C(=O)O.CCCC(=O)O[C@@H](C)C(=O)O[C@H](C)C(=O)OCc1ccccc1.CCCC(=O)O[C@@H](C)C(=O)O[C@H](C)C(=O)O[C@H](C)C(=O)O[C@H](C)C(=O)O.CCCC(=O)O[C@@H](C)C(=O)O[C@H](C)C(=O)O[C@H](C)C(=O)O[C@H](C)C(=O)OCc1ccccc1.C[C@H](O)C(=O)O[C@H](C)C(=O)OCc1ccccc1.C[C@H](O)C(=O)O[C@H](C)C(=O)OCc1ccccc1. The van der Waals surface area contributed by atoms with Gasteiger partial charge in [0.2, 0.25) is 0 Å². The fourth-order valence-electron chi connectivity index (χ4n) is 8.82. The van der Waals surface area contributed by atoms with Gasteiger partial charge in [0.05, 0.1) is 0 Å². The van der Waals surface area contributed by atoms with Crippen LogP contribution >= 0.6 is 0 Å². The molecule has 44 heteroatoms. The van der Waals surface area contributed by atoms with Crippen LogP contribution in [0.1, 0.15) is 232 Å². The van der Waals surface area contributed by atoms with Gasteiger partial charge in [0.15, 0.2) is 85.5 Å². The lowest BCUT2D eigenvalue weighted by Crippen LogP contribution is -2.37. The molecule has 0 bridgehead atoms. The number of hydrogen-bond acceptors (Lipinski definition) is 41. The molecule has 0 heterocycles. The van der Waals surface area contributed by atoms with E-state index in [9.17, 15) is 101 Å². The van der Waals surface area contributed by atoms with Gasteiger partial charge in [-0.2, -0.15) is 0 Å². The molecular formula is C96H132O44. The minimum absolute atomic E-state index is 0.0150. The van der Waals surface area contributed by atoms with Gasteiger partial charge in [0.25, 0.3) is 0 Å². The number of carboxylic acid groups (broad SMARTS) is 3. The van der Waals surface area contributed by atoms with Crippen molar-refractivity contribution >= 4 is 125 Å². The molecule has 0 saturated carbocycles. The average molecular weight is 1990 g/mol. The molecule has 0 fully saturated rings. The van der Waals surface area contributed by atoms with Crippen molar-refractivity contribution in [2.24, 2.45) is 0 Å². The molecule has 0 radical (unpaired) electrons. The van der Waals surface area contributed by atoms with E-state index in [2.05, 4.69) is 9.47 Å². The van der Waals surface area contributed by atoms with Crippen LogP contribution in [0.2, 0.25) is 0 Å². The van der Waals surface area contributed by atoms with E-state index < -0.39 is 223 Å². The van der Waals surface area contributed by atoms with E-state index in [1.165, 1.54) is 104 Å². The Morgan fingerprint density at radius 2 is 0.343 bits per heavy atom. The molecule has 140 heavy (non-hydrogen) atoms. The number of benzene rings is 4. The summed E-state index contributed by atoms with van der Waals surface area (Å²) in [6.07, 6.45) is -15.5. The molecule has 0 unspecified atom stereocenters. The summed E-state index contributed by atoms with van der Waals surface area (Å²) in [5, 5.41) is 42.9. The van der Waals surface area contributed by atoms with E-state index in [1.807, 2.05) is 111 Å². The van der Waals surface area contributed by atoms with E-state index in [-0.39, 0.29) is 52.1 Å². The maximum atomic E-state index is 12.1. The van der Waals surface area contributed by atoms with E-state index in [4.69, 9.17) is 101 Å². The Labute approximate surface area is 810 Å². The van der Waals surface area contributed by atoms with E-state index in [1.54, 1.807) is 45.0 Å². The summed E-state index contributed by atoms with van der Waals surface area (Å²) in [4.78, 5) is 239. The number of aliphatic hydroxyl groups excluding tert-OH is 2. The zero-order chi connectivity index (χ0) is 107. The van der Waals surface area contributed by atoms with Crippen LogP contribution in [-0.4, -0.2) is 249 Å². The third-order valence-corrected chi connectivity index (χ3v) is 16.7. The first-order valence-corrected chi connectivity index (χ1v) is 44.3. The molecule has 4 aromatic carbocycles. The quantitative estimate of drug-likeness (QED) is 0.0203. The summed E-state index contributed by atoms with van der Waals surface area (Å²) >= 11 is 0. The second-order valence-corrected chi connectivity index (χ2v) is 29.9. The van der Waals surface area contributed by atoms with Crippen LogP contribution in [0.15, 0.2) is 121 Å². The van der Waals surface area contributed by atoms with Crippen molar-refractivity contribution in [3.63, 3.8) is 0 Å². The third kappa shape index (κ3) is 62.4. The van der Waals surface area contributed by atoms with Crippen LogP contribution in [0.3, 0.4) is 0 Å². The molecule has 4 aromatic rings. The van der Waals surface area contributed by atoms with Gasteiger partial charge in [-0.25, -0.2) is 76.7 Å². The lowest BCUT2D eigenvalue weighted by atomic mass is 10.2. The summed E-state index contributed by atoms with van der Waals surface area (Å²) in [6, 6.07) is 36.4. The van der Waals surface area contributed by atoms with E-state index >= 15 is 0 Å². The highest BCUT2D eigenvalue weighted by Crippen LogP contribution is 2.15. The van der Waals surface area contributed by atoms with Gasteiger partial charge in [-0.05, 0) is 165 Å². The second kappa shape index (κ2) is 73.9. The first-order valence-electron chi connectivity index (χ1n) is 44.3. The van der Waals surface area contributed by atoms with Crippen LogP contribution in [-0.2, 0) is 212 Å². The zero-order valence-electron chi connectivity index (χ0n) is 82.3. The maximum Gasteiger partial charge on any atom is 0.347 e. The van der Waals surface area contributed by atoms with Crippen molar-refractivity contribution in [3.8, 4) is 0 Å². The zero-order valence-corrected chi connectivity index (χ0v) is 82.3. The highest BCUT2D eigenvalue weighted by Gasteiger charge is 2.34. The number of ether oxygens (including phenoxy) is 18. The molecule has 4 rings (SSSR count). The molecule has 0 aromatic heterocycles. The summed E-state index contributed by atoms with van der Waals surface area (Å²) < 4.78 is 87.3. The predicted molar refractivity (Wildman–Crippen MR) is 484 cm³/mol. The minimum atomic E-state index is -1.41. The average Bonchev–Trinajstić information content (AvgIpc) is 0.894. The Bertz CT molecular complexity index is 4420. The predicted octanol–water partition coefficient (Wildman–Crippen LogP) is 8.94. The summed E-state index contributed by atoms with van der Waals surface area (Å²) in [6.45, 7) is 30.0. The number of carbonyl (C=O) groups is 21. The molecule has 0 aliphatic rings. The van der Waals surface area contributed by atoms with Gasteiger partial charge in [-0.3, -0.25) is 24.0 Å². The molecule has 5 N–H and O–H groups in total. The molecule has 0 amide bonds. The highest BCUT2D eigenvalue weighted by atomic mass is 16.7. The summed E-state index contributed by atoms with van der Waals surface area (Å²) in [5.41, 5.74) is 3.30. The summed E-state index contributed by atoms with van der Waals surface area (Å²) in [7, 11) is 0. The smallest absolute Gasteiger partial charge is 0.347 e. The van der Waals surface area contributed by atoms with Crippen molar-refractivity contribution in [3.05, 3.63) is 144 Å². The minimum Gasteiger partial charge on any atom is -0.481 e. The molecule has 0 aliphatic heterocycles. The largest absolute Gasteiger partial charge is 0.481 e. The van der Waals surface area contributed by atoms with Gasteiger partial charge >= 0.3 is 125 Å². The van der Waals surface area contributed by atoms with Crippen molar-refractivity contribution in [2.75, 3.05) is 0 Å². The normalized spacial score (nSPS) is 13.6. The maximum absolute atomic E-state index is 12.1. The van der Waals surface area contributed by atoms with Crippen LogP contribution in [0.4, 0.5) is 0 Å². The van der Waals surface area contributed by atoms with Crippen LogP contribution in [0.25, 0.3) is 0 Å². The molecular weight excluding hydrogens is 1860 g/mol. The van der Waals surface area contributed by atoms with E-state index in [0.717, 1.165) is 35.6 Å². The number of carbonyl (C=O) groups excluding carboxylic acids is 18. The fourth-order valence-corrected chi connectivity index (χ4v) is 8.82. The fraction of sp³-hybridized carbons (Fsp3) is 0.531. The number of aliphatic carboxylic acids is 3. The van der Waals surface area contributed by atoms with Crippen molar-refractivity contribution in [2.45, 2.75) is 334 Å². The van der Waals surface area contributed by atoms with Gasteiger partial charge < -0.3 is 111 Å². The van der Waals surface area contributed by atoms with Crippen molar-refractivity contribution in [1.82, 2.24) is 0 Å². The third-order valence-electron chi connectivity index (χ3n) is 16.7. The van der Waals surface area contributed by atoms with Gasteiger partial charge in [-0.1, -0.05) is 156 Å². The van der Waals surface area contributed by atoms with Crippen LogP contribution < -0.4 is 0 Å². The summed E-state index contributed by atoms with van der Waals surface area (Å²) in [5.74, 6) is -17.5. The first-order chi connectivity index (χ1) is 65.6. The number of hydrogen-bond donors (Lipinski definition) is 5. The first kappa shape index (κ1) is 130. The highest BCUT2D eigenvalue weighted by molar-refractivity contribution is 5.89. The number of carboxylic acids is 3. The van der Waals surface area contributed by atoms with Gasteiger partial charge in [-0.15, -0.1) is 0 Å². The Hall–Kier alpha value is -14.3. The Morgan fingerprint density at radius 3 is 0.479 bits per heavy atom. The Morgan fingerprint density at radius 1 is 0.200 bits per heavy atom. The molecule has 780 valence electrons. The van der Waals surface area contributed by atoms with Gasteiger partial charge in [0.1, 0.15) is 38.6 Å². The Balaban J connectivity index is -0.00000161. The van der Waals surface area contributed by atoms with Crippen LogP contribution in [0, 0.1) is 0 Å². The Kier molecular flexibility index (Phi) is 68.5.